The van der Waals surface area contributed by atoms with Crippen LogP contribution in [-0.4, -0.2) is 19.0 Å². The molecule has 1 aliphatic heterocycles. The first-order chi connectivity index (χ1) is 10.1. The highest BCUT2D eigenvalue weighted by atomic mass is 19.1. The maximum absolute atomic E-state index is 13.0. The molecular weight excluding hydrogens is 273 g/mol. The summed E-state index contributed by atoms with van der Waals surface area (Å²) in [5.74, 6) is -1.08. The standard InChI is InChI=1S/C16H12FNO3/c1-21-16(20)10-4-7-12-13(8-10)15(19)18-14(12)9-2-5-11(17)6-3-9/h2-8,14H,1H3,(H,18,19). The second kappa shape index (κ2) is 5.01. The molecule has 3 rings (SSSR count). The fourth-order valence-electron chi connectivity index (χ4n) is 2.45. The zero-order chi connectivity index (χ0) is 15.0. The number of amides is 1. The lowest BCUT2D eigenvalue weighted by atomic mass is 9.97. The van der Waals surface area contributed by atoms with Crippen molar-refractivity contribution >= 4 is 11.9 Å². The smallest absolute Gasteiger partial charge is 0.337 e. The van der Waals surface area contributed by atoms with Gasteiger partial charge in [-0.05, 0) is 35.4 Å². The van der Waals surface area contributed by atoms with Crippen molar-refractivity contribution in [1.82, 2.24) is 5.32 Å². The van der Waals surface area contributed by atoms with E-state index in [1.807, 2.05) is 0 Å². The van der Waals surface area contributed by atoms with Gasteiger partial charge in [0.2, 0.25) is 0 Å². The number of halogens is 1. The minimum Gasteiger partial charge on any atom is -0.465 e. The van der Waals surface area contributed by atoms with Crippen LogP contribution in [0, 0.1) is 5.82 Å². The summed E-state index contributed by atoms with van der Waals surface area (Å²) in [6.07, 6.45) is 0. The van der Waals surface area contributed by atoms with Gasteiger partial charge in [-0.15, -0.1) is 0 Å². The average Bonchev–Trinajstić information content (AvgIpc) is 2.84. The Hall–Kier alpha value is -2.69. The first kappa shape index (κ1) is 13.3. The van der Waals surface area contributed by atoms with E-state index in [1.54, 1.807) is 24.3 Å². The lowest BCUT2D eigenvalue weighted by Gasteiger charge is -2.12. The third-order valence-electron chi connectivity index (χ3n) is 3.51. The first-order valence-corrected chi connectivity index (χ1v) is 6.39. The summed E-state index contributed by atoms with van der Waals surface area (Å²) in [7, 11) is 1.29. The molecule has 0 radical (unpaired) electrons. The zero-order valence-corrected chi connectivity index (χ0v) is 11.2. The van der Waals surface area contributed by atoms with Crippen LogP contribution in [0.15, 0.2) is 42.5 Å². The van der Waals surface area contributed by atoms with Crippen molar-refractivity contribution in [2.24, 2.45) is 0 Å². The van der Waals surface area contributed by atoms with Gasteiger partial charge in [0.05, 0.1) is 18.7 Å². The van der Waals surface area contributed by atoms with Crippen LogP contribution in [-0.2, 0) is 4.74 Å². The molecule has 4 nitrogen and oxygen atoms in total. The molecule has 1 N–H and O–H groups in total. The Morgan fingerprint density at radius 3 is 2.57 bits per heavy atom. The quantitative estimate of drug-likeness (QED) is 0.862. The van der Waals surface area contributed by atoms with E-state index in [9.17, 15) is 14.0 Å². The molecule has 0 aromatic heterocycles. The molecule has 0 fully saturated rings. The molecule has 5 heteroatoms. The fraction of sp³-hybridized carbons (Fsp3) is 0.125. The number of fused-ring (bicyclic) bond motifs is 1. The molecule has 106 valence electrons. The monoisotopic (exact) mass is 285 g/mol. The summed E-state index contributed by atoms with van der Waals surface area (Å²) in [5, 5.41) is 2.83. The second-order valence-electron chi connectivity index (χ2n) is 4.75. The van der Waals surface area contributed by atoms with Crippen molar-refractivity contribution in [3.8, 4) is 0 Å². The number of hydrogen-bond donors (Lipinski definition) is 1. The molecule has 0 saturated carbocycles. The summed E-state index contributed by atoms with van der Waals surface area (Å²) in [6.45, 7) is 0. The van der Waals surface area contributed by atoms with Crippen LogP contribution in [0.4, 0.5) is 4.39 Å². The number of ether oxygens (including phenoxy) is 1. The molecule has 0 saturated heterocycles. The van der Waals surface area contributed by atoms with Gasteiger partial charge in [0.15, 0.2) is 0 Å². The van der Waals surface area contributed by atoms with Crippen molar-refractivity contribution in [2.75, 3.05) is 7.11 Å². The van der Waals surface area contributed by atoms with Crippen LogP contribution < -0.4 is 5.32 Å². The summed E-state index contributed by atoms with van der Waals surface area (Å²) in [4.78, 5) is 23.6. The number of carbonyl (C=O) groups is 2. The summed E-state index contributed by atoms with van der Waals surface area (Å²) >= 11 is 0. The van der Waals surface area contributed by atoms with Crippen molar-refractivity contribution in [3.05, 3.63) is 70.5 Å². The number of nitrogens with one attached hydrogen (secondary N) is 1. The molecule has 0 bridgehead atoms. The van der Waals surface area contributed by atoms with Crippen LogP contribution in [0.3, 0.4) is 0 Å². The van der Waals surface area contributed by atoms with Crippen molar-refractivity contribution < 1.29 is 18.7 Å². The summed E-state index contributed by atoms with van der Waals surface area (Å²) < 4.78 is 17.6. The van der Waals surface area contributed by atoms with Crippen LogP contribution in [0.1, 0.15) is 37.9 Å². The topological polar surface area (TPSA) is 55.4 Å². The van der Waals surface area contributed by atoms with Crippen LogP contribution >= 0.6 is 0 Å². The molecule has 1 heterocycles. The minimum absolute atomic E-state index is 0.259. The van der Waals surface area contributed by atoms with Gasteiger partial charge in [0, 0.05) is 5.56 Å². The summed E-state index contributed by atoms with van der Waals surface area (Å²) in [6, 6.07) is 10.5. The highest BCUT2D eigenvalue weighted by Crippen LogP contribution is 2.31. The van der Waals surface area contributed by atoms with Gasteiger partial charge in [-0.25, -0.2) is 9.18 Å². The Morgan fingerprint density at radius 2 is 1.90 bits per heavy atom. The number of benzene rings is 2. The molecule has 2 aromatic carbocycles. The van der Waals surface area contributed by atoms with Crippen molar-refractivity contribution in [1.29, 1.82) is 0 Å². The molecule has 1 amide bonds. The van der Waals surface area contributed by atoms with E-state index in [0.29, 0.717) is 11.1 Å². The molecule has 1 atom stereocenters. The fourth-order valence-corrected chi connectivity index (χ4v) is 2.45. The molecule has 0 aliphatic carbocycles. The number of esters is 1. The van der Waals surface area contributed by atoms with Gasteiger partial charge < -0.3 is 10.1 Å². The van der Waals surface area contributed by atoms with Crippen molar-refractivity contribution in [3.63, 3.8) is 0 Å². The normalized spacial score (nSPS) is 16.3. The maximum Gasteiger partial charge on any atom is 0.337 e. The van der Waals surface area contributed by atoms with E-state index in [1.165, 1.54) is 25.3 Å². The van der Waals surface area contributed by atoms with E-state index in [-0.39, 0.29) is 17.8 Å². The number of hydrogen-bond acceptors (Lipinski definition) is 3. The summed E-state index contributed by atoms with van der Waals surface area (Å²) in [5.41, 5.74) is 2.31. The lowest BCUT2D eigenvalue weighted by molar-refractivity contribution is 0.0600. The Morgan fingerprint density at radius 1 is 1.19 bits per heavy atom. The molecule has 1 aliphatic rings. The lowest BCUT2D eigenvalue weighted by Crippen LogP contribution is -2.19. The van der Waals surface area contributed by atoms with E-state index >= 15 is 0 Å². The highest BCUT2D eigenvalue weighted by molar-refractivity contribution is 6.02. The Balaban J connectivity index is 2.02. The molecule has 2 aromatic rings. The van der Waals surface area contributed by atoms with Gasteiger partial charge in [-0.2, -0.15) is 0 Å². The first-order valence-electron chi connectivity index (χ1n) is 6.39. The number of rotatable bonds is 2. The zero-order valence-electron chi connectivity index (χ0n) is 11.2. The largest absolute Gasteiger partial charge is 0.465 e. The molecular formula is C16H12FNO3. The van der Waals surface area contributed by atoms with Gasteiger partial charge in [-0.3, -0.25) is 4.79 Å². The Bertz CT molecular complexity index is 725. The average molecular weight is 285 g/mol. The van der Waals surface area contributed by atoms with E-state index in [2.05, 4.69) is 10.1 Å². The van der Waals surface area contributed by atoms with Crippen LogP contribution in [0.5, 0.6) is 0 Å². The minimum atomic E-state index is -0.490. The van der Waals surface area contributed by atoms with Gasteiger partial charge in [0.1, 0.15) is 5.82 Å². The van der Waals surface area contributed by atoms with E-state index < -0.39 is 5.97 Å². The number of methoxy groups -OCH3 is 1. The van der Waals surface area contributed by atoms with Crippen molar-refractivity contribution in [2.45, 2.75) is 6.04 Å². The molecule has 0 spiro atoms. The Labute approximate surface area is 120 Å². The van der Waals surface area contributed by atoms with Crippen LogP contribution in [0.2, 0.25) is 0 Å². The van der Waals surface area contributed by atoms with Gasteiger partial charge in [-0.1, -0.05) is 18.2 Å². The predicted molar refractivity (Wildman–Crippen MR) is 73.5 cm³/mol. The third-order valence-corrected chi connectivity index (χ3v) is 3.51. The maximum atomic E-state index is 13.0. The van der Waals surface area contributed by atoms with Crippen LogP contribution in [0.25, 0.3) is 0 Å². The predicted octanol–water partition coefficient (Wildman–Crippen LogP) is 2.45. The van der Waals surface area contributed by atoms with Gasteiger partial charge in [0.25, 0.3) is 5.91 Å². The Kier molecular flexibility index (Phi) is 3.17. The highest BCUT2D eigenvalue weighted by Gasteiger charge is 2.30. The molecule has 1 unspecified atom stereocenters. The molecule has 21 heavy (non-hydrogen) atoms. The van der Waals surface area contributed by atoms with Gasteiger partial charge >= 0.3 is 5.97 Å². The third kappa shape index (κ3) is 2.27. The second-order valence-corrected chi connectivity index (χ2v) is 4.75. The number of carbonyl (C=O) groups excluding carboxylic acids is 2. The van der Waals surface area contributed by atoms with E-state index in [4.69, 9.17) is 0 Å². The SMILES string of the molecule is COC(=O)c1ccc2c(c1)C(=O)NC2c1ccc(F)cc1. The van der Waals surface area contributed by atoms with E-state index in [0.717, 1.165) is 11.1 Å².